The average Bonchev–Trinajstić information content (AvgIpc) is 2.55. The predicted molar refractivity (Wildman–Crippen MR) is 88.2 cm³/mol. The van der Waals surface area contributed by atoms with E-state index in [2.05, 4.69) is 30.5 Å². The van der Waals surface area contributed by atoms with Crippen LogP contribution in [0.3, 0.4) is 0 Å². The molecule has 1 aliphatic heterocycles. The zero-order chi connectivity index (χ0) is 15.5. The van der Waals surface area contributed by atoms with E-state index < -0.39 is 0 Å². The van der Waals surface area contributed by atoms with Crippen molar-refractivity contribution < 1.29 is 9.53 Å². The van der Waals surface area contributed by atoms with Crippen molar-refractivity contribution in [3.05, 3.63) is 23.8 Å². The Kier molecular flexibility index (Phi) is 4.67. The first kappa shape index (κ1) is 15.3. The summed E-state index contributed by atoms with van der Waals surface area (Å²) in [6, 6.07) is 6.98. The lowest BCUT2D eigenvalue weighted by atomic mass is 9.84. The number of rotatable bonds is 4. The zero-order valence-electron chi connectivity index (χ0n) is 13.5. The fraction of sp³-hybridized carbons (Fsp3) is 0.611. The number of nitrogens with one attached hydrogen (secondary N) is 2. The molecule has 4 nitrogen and oxygen atoms in total. The molecule has 3 rings (SSSR count). The largest absolute Gasteiger partial charge is 0.482 e. The smallest absolute Gasteiger partial charge is 0.262 e. The molecule has 1 aromatic rings. The summed E-state index contributed by atoms with van der Waals surface area (Å²) in [7, 11) is 0. The fourth-order valence-corrected chi connectivity index (χ4v) is 3.55. The Morgan fingerprint density at radius 1 is 1.32 bits per heavy atom. The normalized spacial score (nSPS) is 25.8. The minimum atomic E-state index is -0.0842. The third-order valence-corrected chi connectivity index (χ3v) is 5.05. The molecule has 22 heavy (non-hydrogen) atoms. The van der Waals surface area contributed by atoms with Crippen LogP contribution in [0.5, 0.6) is 5.75 Å². The number of carbonyl (C=O) groups is 1. The van der Waals surface area contributed by atoms with Gasteiger partial charge in [0.25, 0.3) is 5.91 Å². The van der Waals surface area contributed by atoms with Crippen LogP contribution in [-0.4, -0.2) is 18.6 Å². The SMILES string of the molecule is CCC1CCC(NC(C)c2ccc3c(c2)OCC(=O)N3)CC1. The van der Waals surface area contributed by atoms with Crippen LogP contribution in [0.2, 0.25) is 0 Å². The molecule has 2 N–H and O–H groups in total. The van der Waals surface area contributed by atoms with Crippen LogP contribution in [0.4, 0.5) is 5.69 Å². The van der Waals surface area contributed by atoms with Crippen molar-refractivity contribution in [2.24, 2.45) is 5.92 Å². The lowest BCUT2D eigenvalue weighted by molar-refractivity contribution is -0.118. The van der Waals surface area contributed by atoms with E-state index >= 15 is 0 Å². The van der Waals surface area contributed by atoms with Crippen LogP contribution in [-0.2, 0) is 4.79 Å². The van der Waals surface area contributed by atoms with Gasteiger partial charge in [-0.15, -0.1) is 0 Å². The molecule has 1 aromatic carbocycles. The first-order valence-electron chi connectivity index (χ1n) is 8.48. The van der Waals surface area contributed by atoms with Gasteiger partial charge in [0.15, 0.2) is 6.61 Å². The van der Waals surface area contributed by atoms with Crippen molar-refractivity contribution in [2.45, 2.75) is 58.0 Å². The Balaban J connectivity index is 1.61. The van der Waals surface area contributed by atoms with Crippen molar-refractivity contribution >= 4 is 11.6 Å². The van der Waals surface area contributed by atoms with Crippen molar-refractivity contribution in [1.29, 1.82) is 0 Å². The molecule has 4 heteroatoms. The van der Waals surface area contributed by atoms with Crippen LogP contribution in [0.25, 0.3) is 0 Å². The number of fused-ring (bicyclic) bond motifs is 1. The summed E-state index contributed by atoms with van der Waals surface area (Å²) in [6.07, 6.45) is 6.57. The van der Waals surface area contributed by atoms with Gasteiger partial charge in [-0.1, -0.05) is 19.4 Å². The maximum atomic E-state index is 11.3. The van der Waals surface area contributed by atoms with Crippen LogP contribution >= 0.6 is 0 Å². The van der Waals surface area contributed by atoms with Gasteiger partial charge in [-0.25, -0.2) is 0 Å². The lowest BCUT2D eigenvalue weighted by Gasteiger charge is -2.31. The standard InChI is InChI=1S/C18H26N2O2/c1-3-13-4-7-15(8-5-13)19-12(2)14-6-9-16-17(10-14)22-11-18(21)20-16/h6,9-10,12-13,15,19H,3-5,7-8,11H2,1-2H3,(H,20,21). The van der Waals surface area contributed by atoms with E-state index in [1.807, 2.05) is 12.1 Å². The maximum Gasteiger partial charge on any atom is 0.262 e. The molecule has 0 saturated heterocycles. The Morgan fingerprint density at radius 2 is 2.09 bits per heavy atom. The van der Waals surface area contributed by atoms with Crippen LogP contribution in [0.1, 0.15) is 57.6 Å². The molecule has 1 amide bonds. The maximum absolute atomic E-state index is 11.3. The molecule has 1 fully saturated rings. The average molecular weight is 302 g/mol. The molecule has 2 aliphatic rings. The van der Waals surface area contributed by atoms with Gasteiger partial charge in [-0.2, -0.15) is 0 Å². The number of anilines is 1. The van der Waals surface area contributed by atoms with E-state index in [4.69, 9.17) is 4.74 Å². The Labute approximate surface area is 132 Å². The Morgan fingerprint density at radius 3 is 2.82 bits per heavy atom. The molecule has 1 aliphatic carbocycles. The zero-order valence-corrected chi connectivity index (χ0v) is 13.5. The number of ether oxygens (including phenoxy) is 1. The topological polar surface area (TPSA) is 50.4 Å². The molecule has 0 aromatic heterocycles. The molecule has 1 saturated carbocycles. The van der Waals surface area contributed by atoms with Gasteiger partial charge in [-0.3, -0.25) is 4.79 Å². The van der Waals surface area contributed by atoms with Crippen molar-refractivity contribution in [2.75, 3.05) is 11.9 Å². The number of hydrogen-bond donors (Lipinski definition) is 2. The monoisotopic (exact) mass is 302 g/mol. The third kappa shape index (κ3) is 3.43. The highest BCUT2D eigenvalue weighted by molar-refractivity contribution is 5.95. The molecule has 0 bridgehead atoms. The molecule has 0 radical (unpaired) electrons. The lowest BCUT2D eigenvalue weighted by Crippen LogP contribution is -2.35. The van der Waals surface area contributed by atoms with Crippen molar-refractivity contribution in [1.82, 2.24) is 5.32 Å². The summed E-state index contributed by atoms with van der Waals surface area (Å²) in [5, 5.41) is 6.59. The summed E-state index contributed by atoms with van der Waals surface area (Å²) < 4.78 is 5.51. The summed E-state index contributed by atoms with van der Waals surface area (Å²) in [6.45, 7) is 4.61. The van der Waals surface area contributed by atoms with E-state index in [1.165, 1.54) is 37.7 Å². The number of amides is 1. The highest BCUT2D eigenvalue weighted by Crippen LogP contribution is 2.32. The van der Waals surface area contributed by atoms with Gasteiger partial charge < -0.3 is 15.4 Å². The van der Waals surface area contributed by atoms with Crippen LogP contribution < -0.4 is 15.4 Å². The van der Waals surface area contributed by atoms with E-state index in [1.54, 1.807) is 0 Å². The molecule has 1 heterocycles. The third-order valence-electron chi connectivity index (χ3n) is 5.05. The second-order valence-electron chi connectivity index (χ2n) is 6.61. The minimum Gasteiger partial charge on any atom is -0.482 e. The van der Waals surface area contributed by atoms with E-state index in [0.29, 0.717) is 12.1 Å². The van der Waals surface area contributed by atoms with Gasteiger partial charge in [0.2, 0.25) is 0 Å². The molecule has 1 unspecified atom stereocenters. The van der Waals surface area contributed by atoms with E-state index in [9.17, 15) is 4.79 Å². The van der Waals surface area contributed by atoms with Crippen molar-refractivity contribution in [3.63, 3.8) is 0 Å². The Hall–Kier alpha value is -1.55. The summed E-state index contributed by atoms with van der Waals surface area (Å²) in [5.41, 5.74) is 1.99. The second-order valence-corrected chi connectivity index (χ2v) is 6.61. The van der Waals surface area contributed by atoms with Gasteiger partial charge >= 0.3 is 0 Å². The van der Waals surface area contributed by atoms with Gasteiger partial charge in [0, 0.05) is 12.1 Å². The number of hydrogen-bond acceptors (Lipinski definition) is 3. The molecule has 0 spiro atoms. The summed E-state index contributed by atoms with van der Waals surface area (Å²) >= 11 is 0. The first-order valence-corrected chi connectivity index (χ1v) is 8.48. The Bertz CT molecular complexity index is 536. The van der Waals surface area contributed by atoms with Crippen LogP contribution in [0, 0.1) is 5.92 Å². The highest BCUT2D eigenvalue weighted by Gasteiger charge is 2.22. The van der Waals surface area contributed by atoms with Gasteiger partial charge in [-0.05, 0) is 56.2 Å². The van der Waals surface area contributed by atoms with Gasteiger partial charge in [0.05, 0.1) is 5.69 Å². The van der Waals surface area contributed by atoms with E-state index in [0.717, 1.165) is 17.4 Å². The number of benzene rings is 1. The molecular formula is C18H26N2O2. The van der Waals surface area contributed by atoms with Crippen LogP contribution in [0.15, 0.2) is 18.2 Å². The van der Waals surface area contributed by atoms with Crippen molar-refractivity contribution in [3.8, 4) is 5.75 Å². The van der Waals surface area contributed by atoms with E-state index in [-0.39, 0.29) is 12.5 Å². The van der Waals surface area contributed by atoms with Gasteiger partial charge in [0.1, 0.15) is 5.75 Å². The summed E-state index contributed by atoms with van der Waals surface area (Å²) in [4.78, 5) is 11.3. The predicted octanol–water partition coefficient (Wildman–Crippen LogP) is 3.64. The summed E-state index contributed by atoms with van der Waals surface area (Å²) in [5.74, 6) is 1.62. The second kappa shape index (κ2) is 6.69. The molecular weight excluding hydrogens is 276 g/mol. The minimum absolute atomic E-state index is 0.0842. The number of carbonyl (C=O) groups excluding carboxylic acids is 1. The fourth-order valence-electron chi connectivity index (χ4n) is 3.55. The molecule has 120 valence electrons. The highest BCUT2D eigenvalue weighted by atomic mass is 16.5. The first-order chi connectivity index (χ1) is 10.7. The quantitative estimate of drug-likeness (QED) is 0.893. The molecule has 1 atom stereocenters.